The van der Waals surface area contributed by atoms with Crippen LogP contribution in [0.4, 0.5) is 0 Å². The zero-order chi connectivity index (χ0) is 11.4. The highest BCUT2D eigenvalue weighted by molar-refractivity contribution is 5.27. The smallest absolute Gasteiger partial charge is 0.180 e. The summed E-state index contributed by atoms with van der Waals surface area (Å²) in [5.41, 5.74) is 2.16. The van der Waals surface area contributed by atoms with Crippen LogP contribution >= 0.6 is 0 Å². The lowest BCUT2D eigenvalue weighted by Gasteiger charge is -2.23. The first-order chi connectivity index (χ1) is 7.81. The van der Waals surface area contributed by atoms with E-state index in [-0.39, 0.29) is 0 Å². The Morgan fingerprint density at radius 3 is 2.81 bits per heavy atom. The maximum atomic E-state index is 9.62. The largest absolute Gasteiger partial charge is 0.364 e. The molecule has 3 heteroatoms. The Labute approximate surface area is 96.4 Å². The van der Waals surface area contributed by atoms with Gasteiger partial charge in [-0.05, 0) is 37.4 Å². The van der Waals surface area contributed by atoms with E-state index in [0.717, 1.165) is 18.7 Å². The highest BCUT2D eigenvalue weighted by atomic mass is 16.6. The zero-order valence-corrected chi connectivity index (χ0v) is 9.65. The lowest BCUT2D eigenvalue weighted by Crippen LogP contribution is -2.26. The van der Waals surface area contributed by atoms with Gasteiger partial charge in [-0.25, -0.2) is 0 Å². The van der Waals surface area contributed by atoms with Crippen molar-refractivity contribution >= 4 is 0 Å². The Hall–Kier alpha value is -0.900. The molecule has 16 heavy (non-hydrogen) atoms. The second-order valence-electron chi connectivity index (χ2n) is 4.28. The van der Waals surface area contributed by atoms with Crippen LogP contribution in [0.5, 0.6) is 0 Å². The molecular formula is C13H19NO2. The highest BCUT2D eigenvalue weighted by Gasteiger charge is 2.16. The molecule has 1 aromatic rings. The molecule has 1 aliphatic heterocycles. The quantitative estimate of drug-likeness (QED) is 0.765. The molecule has 2 rings (SSSR count). The molecule has 88 valence electrons. The second kappa shape index (κ2) is 5.43. The summed E-state index contributed by atoms with van der Waals surface area (Å²) < 4.78 is 4.92. The number of hydrogen-bond donors (Lipinski definition) is 2. The van der Waals surface area contributed by atoms with Crippen molar-refractivity contribution in [2.75, 3.05) is 20.2 Å². The minimum atomic E-state index is -0.804. The van der Waals surface area contributed by atoms with Crippen molar-refractivity contribution < 1.29 is 9.84 Å². The van der Waals surface area contributed by atoms with Crippen LogP contribution in [0.2, 0.25) is 0 Å². The summed E-state index contributed by atoms with van der Waals surface area (Å²) in [6.45, 7) is 2.17. The predicted octanol–water partition coefficient (Wildman–Crippen LogP) is 1.79. The van der Waals surface area contributed by atoms with E-state index < -0.39 is 6.29 Å². The summed E-state index contributed by atoms with van der Waals surface area (Å²) in [7, 11) is 1.52. The fourth-order valence-electron chi connectivity index (χ4n) is 2.26. The molecule has 0 aromatic heterocycles. The molecule has 1 atom stereocenters. The van der Waals surface area contributed by atoms with Crippen LogP contribution in [0.3, 0.4) is 0 Å². The molecule has 1 heterocycles. The van der Waals surface area contributed by atoms with E-state index in [4.69, 9.17) is 4.74 Å². The van der Waals surface area contributed by atoms with Gasteiger partial charge in [-0.3, -0.25) is 0 Å². The van der Waals surface area contributed by atoms with E-state index in [1.807, 2.05) is 12.1 Å². The third-order valence-corrected chi connectivity index (χ3v) is 3.23. The first-order valence-electron chi connectivity index (χ1n) is 5.82. The van der Waals surface area contributed by atoms with Gasteiger partial charge in [0.15, 0.2) is 6.29 Å². The number of piperidine rings is 1. The Balaban J connectivity index is 2.14. The van der Waals surface area contributed by atoms with Crippen LogP contribution in [-0.2, 0) is 4.74 Å². The Bertz CT molecular complexity index is 334. The molecule has 1 saturated heterocycles. The number of nitrogens with one attached hydrogen (secondary N) is 1. The standard InChI is InChI=1S/C13H19NO2/c1-16-13(15)12-4-2-3-11(9-12)10-5-7-14-8-6-10/h2-4,9-10,13-15H,5-8H2,1H3. The molecule has 0 bridgehead atoms. The molecule has 1 fully saturated rings. The third kappa shape index (κ3) is 2.61. The van der Waals surface area contributed by atoms with Crippen molar-refractivity contribution in [2.45, 2.75) is 25.0 Å². The summed E-state index contributed by atoms with van der Waals surface area (Å²) in [4.78, 5) is 0. The fraction of sp³-hybridized carbons (Fsp3) is 0.538. The van der Waals surface area contributed by atoms with Gasteiger partial charge < -0.3 is 15.2 Å². The molecule has 0 saturated carbocycles. The number of benzene rings is 1. The van der Waals surface area contributed by atoms with Crippen molar-refractivity contribution in [1.82, 2.24) is 5.32 Å². The Morgan fingerprint density at radius 2 is 2.12 bits per heavy atom. The maximum Gasteiger partial charge on any atom is 0.180 e. The third-order valence-electron chi connectivity index (χ3n) is 3.23. The van der Waals surface area contributed by atoms with Crippen molar-refractivity contribution in [3.05, 3.63) is 35.4 Å². The monoisotopic (exact) mass is 221 g/mol. The van der Waals surface area contributed by atoms with Crippen LogP contribution < -0.4 is 5.32 Å². The summed E-state index contributed by atoms with van der Waals surface area (Å²) in [5.74, 6) is 0.616. The van der Waals surface area contributed by atoms with Gasteiger partial charge >= 0.3 is 0 Å². The number of hydrogen-bond acceptors (Lipinski definition) is 3. The zero-order valence-electron chi connectivity index (χ0n) is 9.65. The Morgan fingerprint density at radius 1 is 1.38 bits per heavy atom. The minimum Gasteiger partial charge on any atom is -0.364 e. The van der Waals surface area contributed by atoms with Gasteiger partial charge in [-0.1, -0.05) is 24.3 Å². The molecule has 1 aliphatic rings. The molecule has 1 unspecified atom stereocenters. The van der Waals surface area contributed by atoms with Crippen LogP contribution in [0.1, 0.15) is 36.2 Å². The highest BCUT2D eigenvalue weighted by Crippen LogP contribution is 2.27. The molecule has 1 aromatic carbocycles. The number of ether oxygens (including phenoxy) is 1. The van der Waals surface area contributed by atoms with Gasteiger partial charge in [0.05, 0.1) is 0 Å². The van der Waals surface area contributed by atoms with Crippen LogP contribution in [0.15, 0.2) is 24.3 Å². The van der Waals surface area contributed by atoms with Crippen LogP contribution in [0.25, 0.3) is 0 Å². The number of methoxy groups -OCH3 is 1. The first-order valence-corrected chi connectivity index (χ1v) is 5.82. The number of aliphatic hydroxyl groups is 1. The number of rotatable bonds is 3. The van der Waals surface area contributed by atoms with Gasteiger partial charge in [0.25, 0.3) is 0 Å². The van der Waals surface area contributed by atoms with Gasteiger partial charge in [0.1, 0.15) is 0 Å². The van der Waals surface area contributed by atoms with E-state index >= 15 is 0 Å². The topological polar surface area (TPSA) is 41.5 Å². The summed E-state index contributed by atoms with van der Waals surface area (Å²) >= 11 is 0. The van der Waals surface area contributed by atoms with Crippen molar-refractivity contribution in [1.29, 1.82) is 0 Å². The molecule has 0 amide bonds. The molecule has 0 spiro atoms. The normalized spacial score (nSPS) is 19.6. The number of aliphatic hydroxyl groups excluding tert-OH is 1. The van der Waals surface area contributed by atoms with Crippen molar-refractivity contribution in [2.24, 2.45) is 0 Å². The average Bonchev–Trinajstić information content (AvgIpc) is 2.39. The minimum absolute atomic E-state index is 0.616. The lowest BCUT2D eigenvalue weighted by atomic mass is 9.89. The van der Waals surface area contributed by atoms with Gasteiger partial charge in [-0.15, -0.1) is 0 Å². The van der Waals surface area contributed by atoms with Crippen LogP contribution in [0, 0.1) is 0 Å². The SMILES string of the molecule is COC(O)c1cccc(C2CCNCC2)c1. The molecular weight excluding hydrogens is 202 g/mol. The molecule has 0 radical (unpaired) electrons. The lowest BCUT2D eigenvalue weighted by molar-refractivity contribution is -0.0769. The van der Waals surface area contributed by atoms with E-state index in [1.165, 1.54) is 25.5 Å². The predicted molar refractivity (Wildman–Crippen MR) is 63.3 cm³/mol. The van der Waals surface area contributed by atoms with Gasteiger partial charge in [-0.2, -0.15) is 0 Å². The fourth-order valence-corrected chi connectivity index (χ4v) is 2.26. The molecule has 2 N–H and O–H groups in total. The summed E-state index contributed by atoms with van der Waals surface area (Å²) in [6.07, 6.45) is 1.54. The Kier molecular flexibility index (Phi) is 3.93. The second-order valence-corrected chi connectivity index (χ2v) is 4.28. The van der Waals surface area contributed by atoms with E-state index in [1.54, 1.807) is 0 Å². The van der Waals surface area contributed by atoms with E-state index in [0.29, 0.717) is 5.92 Å². The van der Waals surface area contributed by atoms with Crippen LogP contribution in [-0.4, -0.2) is 25.3 Å². The first kappa shape index (κ1) is 11.6. The van der Waals surface area contributed by atoms with E-state index in [9.17, 15) is 5.11 Å². The average molecular weight is 221 g/mol. The van der Waals surface area contributed by atoms with E-state index in [2.05, 4.69) is 17.4 Å². The summed E-state index contributed by atoms with van der Waals surface area (Å²) in [5, 5.41) is 13.0. The van der Waals surface area contributed by atoms with Gasteiger partial charge in [0, 0.05) is 12.7 Å². The molecule has 3 nitrogen and oxygen atoms in total. The maximum absolute atomic E-state index is 9.62. The van der Waals surface area contributed by atoms with Crippen molar-refractivity contribution in [3.8, 4) is 0 Å². The molecule has 0 aliphatic carbocycles. The van der Waals surface area contributed by atoms with Gasteiger partial charge in [0.2, 0.25) is 0 Å². The van der Waals surface area contributed by atoms with Crippen molar-refractivity contribution in [3.63, 3.8) is 0 Å². The summed E-state index contributed by atoms with van der Waals surface area (Å²) in [6, 6.07) is 8.10.